The Morgan fingerprint density at radius 3 is 2.42 bits per heavy atom. The van der Waals surface area contributed by atoms with E-state index in [1.165, 1.54) is 24.3 Å². The van der Waals surface area contributed by atoms with Crippen LogP contribution in [0.25, 0.3) is 23.1 Å². The number of hydrogen-bond donors (Lipinski definition) is 1. The quantitative estimate of drug-likeness (QED) is 0.699. The maximum absolute atomic E-state index is 13.7. The van der Waals surface area contributed by atoms with E-state index in [4.69, 9.17) is 0 Å². The summed E-state index contributed by atoms with van der Waals surface area (Å²) in [6.45, 7) is 1.60. The van der Waals surface area contributed by atoms with Gasteiger partial charge in [-0.1, -0.05) is 18.2 Å². The number of aromatic nitrogens is 1. The molecule has 3 rings (SSSR count). The first-order chi connectivity index (χ1) is 12.5. The van der Waals surface area contributed by atoms with Crippen LogP contribution >= 0.6 is 0 Å². The number of hydrogen-bond acceptors (Lipinski definition) is 3. The van der Waals surface area contributed by atoms with Crippen LogP contribution in [0.4, 0.5) is 14.5 Å². The lowest BCUT2D eigenvalue weighted by Crippen LogP contribution is -2.20. The van der Waals surface area contributed by atoms with Gasteiger partial charge in [0.05, 0.1) is 11.2 Å². The van der Waals surface area contributed by atoms with Crippen molar-refractivity contribution in [2.24, 2.45) is 0 Å². The largest absolute Gasteiger partial charge is 0.383 e. The van der Waals surface area contributed by atoms with Crippen molar-refractivity contribution < 1.29 is 8.78 Å². The predicted octanol–water partition coefficient (Wildman–Crippen LogP) is 4.66. The average Bonchev–Trinajstić information content (AvgIpc) is 2.61. The first kappa shape index (κ1) is 18.0. The summed E-state index contributed by atoms with van der Waals surface area (Å²) in [5.74, 6) is -0.551. The maximum Gasteiger partial charge on any atom is 0.124 e. The van der Waals surface area contributed by atoms with Crippen molar-refractivity contribution in [1.29, 1.82) is 0 Å². The van der Waals surface area contributed by atoms with Crippen LogP contribution in [0.1, 0.15) is 11.3 Å². The summed E-state index contributed by atoms with van der Waals surface area (Å²) in [5, 5.41) is 4.11. The van der Waals surface area contributed by atoms with Crippen molar-refractivity contribution >= 4 is 28.7 Å². The number of nitrogens with zero attached hydrogens (tertiary/aromatic N) is 2. The lowest BCUT2D eigenvalue weighted by Gasteiger charge is -2.14. The molecule has 0 aliphatic heterocycles. The molecule has 1 aromatic heterocycles. The molecule has 26 heavy (non-hydrogen) atoms. The summed E-state index contributed by atoms with van der Waals surface area (Å²) >= 11 is 0. The molecule has 0 fully saturated rings. The fraction of sp³-hybridized carbons (Fsp3) is 0.190. The zero-order valence-electron chi connectivity index (χ0n) is 14.8. The summed E-state index contributed by atoms with van der Waals surface area (Å²) < 4.78 is 26.7. The number of rotatable bonds is 6. The third-order valence-corrected chi connectivity index (χ3v) is 3.98. The Labute approximate surface area is 152 Å². The van der Waals surface area contributed by atoms with Gasteiger partial charge >= 0.3 is 0 Å². The van der Waals surface area contributed by atoms with E-state index in [2.05, 4.69) is 15.2 Å². The molecule has 5 heteroatoms. The highest BCUT2D eigenvalue weighted by Crippen LogP contribution is 2.25. The Morgan fingerprint density at radius 2 is 1.69 bits per heavy atom. The van der Waals surface area contributed by atoms with E-state index >= 15 is 0 Å². The Balaban J connectivity index is 1.92. The lowest BCUT2D eigenvalue weighted by molar-refractivity contribution is 0.425. The van der Waals surface area contributed by atoms with Crippen LogP contribution < -0.4 is 5.32 Å². The number of fused-ring (bicyclic) bond motifs is 1. The first-order valence-corrected chi connectivity index (χ1v) is 8.44. The summed E-state index contributed by atoms with van der Waals surface area (Å²) in [6, 6.07) is 12.7. The molecule has 0 atom stereocenters. The first-order valence-electron chi connectivity index (χ1n) is 8.44. The van der Waals surface area contributed by atoms with Crippen LogP contribution in [-0.2, 0) is 0 Å². The van der Waals surface area contributed by atoms with Crippen LogP contribution in [0.3, 0.4) is 0 Å². The minimum absolute atomic E-state index is 0.264. The van der Waals surface area contributed by atoms with Gasteiger partial charge in [0.1, 0.15) is 11.6 Å². The number of benzene rings is 2. The molecular weight excluding hydrogens is 332 g/mol. The maximum atomic E-state index is 13.7. The smallest absolute Gasteiger partial charge is 0.124 e. The SMILES string of the molecule is CN(C)CCNc1cc(/C=C/c2ccc(F)cc2)nc2ccc(F)cc12. The van der Waals surface area contributed by atoms with Gasteiger partial charge in [-0.15, -0.1) is 0 Å². The Bertz CT molecular complexity index is 918. The van der Waals surface area contributed by atoms with E-state index in [0.29, 0.717) is 0 Å². The van der Waals surface area contributed by atoms with Gasteiger partial charge in [-0.25, -0.2) is 13.8 Å². The van der Waals surface area contributed by atoms with Crippen LogP contribution in [0, 0.1) is 11.6 Å². The summed E-state index contributed by atoms with van der Waals surface area (Å²) in [4.78, 5) is 6.65. The molecular formula is C21H21F2N3. The normalized spacial score (nSPS) is 11.6. The van der Waals surface area contributed by atoms with Crippen molar-refractivity contribution in [2.75, 3.05) is 32.5 Å². The van der Waals surface area contributed by atoms with Crippen molar-refractivity contribution in [3.63, 3.8) is 0 Å². The fourth-order valence-electron chi connectivity index (χ4n) is 2.62. The minimum Gasteiger partial charge on any atom is -0.383 e. The molecule has 0 radical (unpaired) electrons. The van der Waals surface area contributed by atoms with E-state index in [9.17, 15) is 8.78 Å². The second-order valence-corrected chi connectivity index (χ2v) is 6.37. The molecule has 0 aliphatic rings. The number of pyridine rings is 1. The molecule has 3 nitrogen and oxygen atoms in total. The van der Waals surface area contributed by atoms with Gasteiger partial charge < -0.3 is 10.2 Å². The predicted molar refractivity (Wildman–Crippen MR) is 104 cm³/mol. The van der Waals surface area contributed by atoms with Crippen molar-refractivity contribution in [3.8, 4) is 0 Å². The van der Waals surface area contributed by atoms with E-state index in [1.54, 1.807) is 18.2 Å². The van der Waals surface area contributed by atoms with E-state index in [0.717, 1.165) is 40.9 Å². The van der Waals surface area contributed by atoms with Crippen LogP contribution in [0.2, 0.25) is 0 Å². The fourth-order valence-corrected chi connectivity index (χ4v) is 2.62. The monoisotopic (exact) mass is 353 g/mol. The molecule has 0 aliphatic carbocycles. The summed E-state index contributed by atoms with van der Waals surface area (Å²) in [6.07, 6.45) is 3.74. The van der Waals surface area contributed by atoms with Gasteiger partial charge in [0.2, 0.25) is 0 Å². The molecule has 0 amide bonds. The van der Waals surface area contributed by atoms with Crippen molar-refractivity contribution in [2.45, 2.75) is 0 Å². The lowest BCUT2D eigenvalue weighted by atomic mass is 10.1. The molecule has 0 spiro atoms. The number of halogens is 2. The van der Waals surface area contributed by atoms with Gasteiger partial charge in [-0.05, 0) is 62.1 Å². The second-order valence-electron chi connectivity index (χ2n) is 6.37. The zero-order valence-corrected chi connectivity index (χ0v) is 14.8. The van der Waals surface area contributed by atoms with Crippen LogP contribution in [-0.4, -0.2) is 37.1 Å². The average molecular weight is 353 g/mol. The van der Waals surface area contributed by atoms with Gasteiger partial charge in [0, 0.05) is 24.2 Å². The zero-order chi connectivity index (χ0) is 18.5. The highest BCUT2D eigenvalue weighted by molar-refractivity contribution is 5.93. The number of anilines is 1. The molecule has 2 aromatic carbocycles. The molecule has 0 unspecified atom stereocenters. The minimum atomic E-state index is -0.287. The van der Waals surface area contributed by atoms with Gasteiger partial charge in [-0.2, -0.15) is 0 Å². The molecule has 0 saturated heterocycles. The van der Waals surface area contributed by atoms with E-state index in [1.807, 2.05) is 32.3 Å². The topological polar surface area (TPSA) is 28.2 Å². The molecule has 1 heterocycles. The van der Waals surface area contributed by atoms with E-state index in [-0.39, 0.29) is 11.6 Å². The molecule has 3 aromatic rings. The highest BCUT2D eigenvalue weighted by Gasteiger charge is 2.06. The molecule has 0 bridgehead atoms. The third-order valence-electron chi connectivity index (χ3n) is 3.98. The van der Waals surface area contributed by atoms with Gasteiger partial charge in [0.15, 0.2) is 0 Å². The highest BCUT2D eigenvalue weighted by atomic mass is 19.1. The number of likely N-dealkylation sites (N-methyl/N-ethyl adjacent to an activating group) is 1. The van der Waals surface area contributed by atoms with Crippen molar-refractivity contribution in [3.05, 3.63) is 71.4 Å². The van der Waals surface area contributed by atoms with Crippen LogP contribution in [0.5, 0.6) is 0 Å². The third kappa shape index (κ3) is 4.64. The Kier molecular flexibility index (Phi) is 5.58. The van der Waals surface area contributed by atoms with Gasteiger partial charge in [0.25, 0.3) is 0 Å². The Hall–Kier alpha value is -2.79. The van der Waals surface area contributed by atoms with E-state index < -0.39 is 0 Å². The standard InChI is InChI=1S/C21H21F2N3/c1-26(2)12-11-24-21-14-18(9-5-15-3-6-16(22)7-4-15)25-20-10-8-17(23)13-19(20)21/h3-10,13-14H,11-12H2,1-2H3,(H,24,25)/b9-5+. The second kappa shape index (κ2) is 8.06. The molecule has 0 saturated carbocycles. The van der Waals surface area contributed by atoms with Gasteiger partial charge in [-0.3, -0.25) is 0 Å². The summed E-state index contributed by atoms with van der Waals surface area (Å²) in [5.41, 5.74) is 3.20. The van der Waals surface area contributed by atoms with Crippen LogP contribution in [0.15, 0.2) is 48.5 Å². The summed E-state index contributed by atoms with van der Waals surface area (Å²) in [7, 11) is 4.01. The Morgan fingerprint density at radius 1 is 0.962 bits per heavy atom. The number of nitrogens with one attached hydrogen (secondary N) is 1. The molecule has 134 valence electrons. The van der Waals surface area contributed by atoms with Crippen molar-refractivity contribution in [1.82, 2.24) is 9.88 Å². The molecule has 1 N–H and O–H groups in total.